The number of thioether (sulfide) groups is 1. The molecule has 0 radical (unpaired) electrons. The van der Waals surface area contributed by atoms with Crippen molar-refractivity contribution in [2.45, 2.75) is 18.0 Å². The van der Waals surface area contributed by atoms with Gasteiger partial charge >= 0.3 is 0 Å². The molecule has 1 amide bonds. The molecule has 1 aliphatic heterocycles. The Morgan fingerprint density at radius 1 is 0.970 bits per heavy atom. The van der Waals surface area contributed by atoms with Crippen molar-refractivity contribution in [3.8, 4) is 22.8 Å². The molecule has 33 heavy (non-hydrogen) atoms. The van der Waals surface area contributed by atoms with Gasteiger partial charge in [-0.25, -0.2) is 0 Å². The molecule has 0 aliphatic carbocycles. The first-order valence-electron chi connectivity index (χ1n) is 10.9. The van der Waals surface area contributed by atoms with Crippen LogP contribution in [-0.2, 0) is 11.2 Å². The lowest BCUT2D eigenvalue weighted by Crippen LogP contribution is -2.36. The number of ether oxygens (including phenoxy) is 1. The van der Waals surface area contributed by atoms with Crippen molar-refractivity contribution in [2.24, 2.45) is 0 Å². The van der Waals surface area contributed by atoms with Crippen LogP contribution in [0.2, 0.25) is 0 Å². The molecule has 0 bridgehead atoms. The highest BCUT2D eigenvalue weighted by atomic mass is 32.2. The summed E-state index contributed by atoms with van der Waals surface area (Å²) in [7, 11) is 1.65. The summed E-state index contributed by atoms with van der Waals surface area (Å²) in [6, 6.07) is 25.9. The van der Waals surface area contributed by atoms with Gasteiger partial charge in [-0.15, -0.1) is 10.2 Å². The number of aromatic nitrogens is 3. The SMILES string of the molecule is COc1ccc(-c2nnc(SCC(=O)N3CCCc4ccccc43)n2-c2ccccc2)cc1. The summed E-state index contributed by atoms with van der Waals surface area (Å²) >= 11 is 1.41. The van der Waals surface area contributed by atoms with Crippen LogP contribution >= 0.6 is 11.8 Å². The van der Waals surface area contributed by atoms with Gasteiger partial charge in [0.15, 0.2) is 11.0 Å². The standard InChI is InChI=1S/C26H24N4O2S/c1-32-22-15-13-20(14-16-22)25-27-28-26(30(25)21-10-3-2-4-11-21)33-18-24(31)29-17-7-9-19-8-5-6-12-23(19)29/h2-6,8,10-16H,7,9,17-18H2,1H3. The van der Waals surface area contributed by atoms with E-state index in [0.717, 1.165) is 47.9 Å². The number of nitrogens with zero attached hydrogens (tertiary/aromatic N) is 4. The summed E-state index contributed by atoms with van der Waals surface area (Å²) in [4.78, 5) is 15.1. The van der Waals surface area contributed by atoms with Crippen molar-refractivity contribution < 1.29 is 9.53 Å². The molecule has 7 heteroatoms. The third-order valence-corrected chi connectivity index (χ3v) is 6.65. The number of amides is 1. The molecule has 3 aromatic carbocycles. The number of hydrogen-bond donors (Lipinski definition) is 0. The van der Waals surface area contributed by atoms with Gasteiger partial charge in [-0.05, 0) is 60.9 Å². The fourth-order valence-corrected chi connectivity index (χ4v) is 4.93. The summed E-state index contributed by atoms with van der Waals surface area (Å²) in [5.41, 5.74) is 4.14. The normalized spacial score (nSPS) is 12.9. The third kappa shape index (κ3) is 4.36. The number of hydrogen-bond acceptors (Lipinski definition) is 5. The molecule has 0 saturated heterocycles. The Balaban J connectivity index is 1.43. The molecule has 5 rings (SSSR count). The lowest BCUT2D eigenvalue weighted by atomic mass is 10.0. The van der Waals surface area contributed by atoms with Crippen LogP contribution in [0.5, 0.6) is 5.75 Å². The fraction of sp³-hybridized carbons (Fsp3) is 0.192. The maximum atomic E-state index is 13.2. The Kier molecular flexibility index (Phi) is 6.13. The van der Waals surface area contributed by atoms with Crippen LogP contribution in [0.3, 0.4) is 0 Å². The lowest BCUT2D eigenvalue weighted by molar-refractivity contribution is -0.116. The first kappa shape index (κ1) is 21.3. The number of benzene rings is 3. The van der Waals surface area contributed by atoms with Gasteiger partial charge in [0.2, 0.25) is 5.91 Å². The molecule has 4 aromatic rings. The largest absolute Gasteiger partial charge is 0.497 e. The van der Waals surface area contributed by atoms with Crippen molar-refractivity contribution >= 4 is 23.4 Å². The summed E-state index contributed by atoms with van der Waals surface area (Å²) in [6.07, 6.45) is 2.00. The predicted molar refractivity (Wildman–Crippen MR) is 131 cm³/mol. The quantitative estimate of drug-likeness (QED) is 0.382. The van der Waals surface area contributed by atoms with Crippen LogP contribution < -0.4 is 9.64 Å². The predicted octanol–water partition coefficient (Wildman–Crippen LogP) is 5.01. The van der Waals surface area contributed by atoms with Crippen LogP contribution in [0.1, 0.15) is 12.0 Å². The van der Waals surface area contributed by atoms with E-state index < -0.39 is 0 Å². The van der Waals surface area contributed by atoms with Crippen molar-refractivity contribution in [1.29, 1.82) is 0 Å². The van der Waals surface area contributed by atoms with E-state index in [2.05, 4.69) is 16.3 Å². The summed E-state index contributed by atoms with van der Waals surface area (Å²) in [6.45, 7) is 0.749. The Bertz CT molecular complexity index is 1260. The molecular formula is C26H24N4O2S. The average molecular weight is 457 g/mol. The van der Waals surface area contributed by atoms with Gasteiger partial charge in [0.25, 0.3) is 0 Å². The van der Waals surface area contributed by atoms with E-state index >= 15 is 0 Å². The molecule has 1 aliphatic rings. The van der Waals surface area contributed by atoms with E-state index in [4.69, 9.17) is 4.74 Å². The van der Waals surface area contributed by atoms with Crippen molar-refractivity contribution in [3.63, 3.8) is 0 Å². The van der Waals surface area contributed by atoms with Gasteiger partial charge < -0.3 is 9.64 Å². The number of methoxy groups -OCH3 is 1. The van der Waals surface area contributed by atoms with E-state index in [9.17, 15) is 4.79 Å². The van der Waals surface area contributed by atoms with Crippen LogP contribution in [0.25, 0.3) is 17.1 Å². The summed E-state index contributed by atoms with van der Waals surface area (Å²) in [5, 5.41) is 9.60. The Labute approximate surface area is 197 Å². The second-order valence-electron chi connectivity index (χ2n) is 7.77. The van der Waals surface area contributed by atoms with Gasteiger partial charge in [0.1, 0.15) is 5.75 Å². The number of carbonyl (C=O) groups is 1. The van der Waals surface area contributed by atoms with E-state index in [1.165, 1.54) is 17.3 Å². The number of fused-ring (bicyclic) bond motifs is 1. The molecule has 1 aromatic heterocycles. The van der Waals surface area contributed by atoms with E-state index in [1.807, 2.05) is 82.3 Å². The van der Waals surface area contributed by atoms with E-state index in [1.54, 1.807) is 7.11 Å². The molecule has 6 nitrogen and oxygen atoms in total. The van der Waals surface area contributed by atoms with Crippen molar-refractivity contribution in [1.82, 2.24) is 14.8 Å². The van der Waals surface area contributed by atoms with E-state index in [-0.39, 0.29) is 5.91 Å². The van der Waals surface area contributed by atoms with Crippen LogP contribution in [0.15, 0.2) is 84.0 Å². The third-order valence-electron chi connectivity index (χ3n) is 5.73. The Hall–Kier alpha value is -3.58. The molecular weight excluding hydrogens is 432 g/mol. The zero-order valence-electron chi connectivity index (χ0n) is 18.3. The average Bonchev–Trinajstić information content (AvgIpc) is 3.31. The molecule has 166 valence electrons. The van der Waals surface area contributed by atoms with Crippen LogP contribution in [0, 0.1) is 0 Å². The zero-order chi connectivity index (χ0) is 22.6. The maximum Gasteiger partial charge on any atom is 0.237 e. The minimum Gasteiger partial charge on any atom is -0.497 e. The number of para-hydroxylation sites is 2. The van der Waals surface area contributed by atoms with Crippen LogP contribution in [0.4, 0.5) is 5.69 Å². The number of rotatable bonds is 6. The molecule has 0 fully saturated rings. The molecule has 0 saturated carbocycles. The number of aryl methyl sites for hydroxylation is 1. The van der Waals surface area contributed by atoms with Gasteiger partial charge in [-0.1, -0.05) is 48.2 Å². The number of carbonyl (C=O) groups excluding carboxylic acids is 1. The summed E-state index contributed by atoms with van der Waals surface area (Å²) < 4.78 is 7.29. The monoisotopic (exact) mass is 456 g/mol. The molecule has 0 unspecified atom stereocenters. The minimum atomic E-state index is 0.0840. The minimum absolute atomic E-state index is 0.0840. The van der Waals surface area contributed by atoms with Crippen LogP contribution in [-0.4, -0.2) is 40.1 Å². The zero-order valence-corrected chi connectivity index (χ0v) is 19.2. The Morgan fingerprint density at radius 3 is 2.52 bits per heavy atom. The van der Waals surface area contributed by atoms with Crippen molar-refractivity contribution in [3.05, 3.63) is 84.4 Å². The van der Waals surface area contributed by atoms with Gasteiger partial charge in [0.05, 0.1) is 12.9 Å². The van der Waals surface area contributed by atoms with Crippen molar-refractivity contribution in [2.75, 3.05) is 24.3 Å². The second-order valence-corrected chi connectivity index (χ2v) is 8.71. The van der Waals surface area contributed by atoms with E-state index in [0.29, 0.717) is 10.9 Å². The highest BCUT2D eigenvalue weighted by Gasteiger charge is 2.24. The highest BCUT2D eigenvalue weighted by Crippen LogP contribution is 2.31. The topological polar surface area (TPSA) is 60.3 Å². The van der Waals surface area contributed by atoms with Gasteiger partial charge in [-0.2, -0.15) is 0 Å². The molecule has 0 atom stereocenters. The molecule has 2 heterocycles. The first-order valence-corrected chi connectivity index (χ1v) is 11.9. The lowest BCUT2D eigenvalue weighted by Gasteiger charge is -2.29. The van der Waals surface area contributed by atoms with Gasteiger partial charge in [-0.3, -0.25) is 9.36 Å². The Morgan fingerprint density at radius 2 is 1.73 bits per heavy atom. The molecule has 0 N–H and O–H groups in total. The first-order chi connectivity index (χ1) is 16.2. The molecule has 0 spiro atoms. The fourth-order valence-electron chi connectivity index (χ4n) is 4.10. The second kappa shape index (κ2) is 9.50. The maximum absolute atomic E-state index is 13.2. The summed E-state index contributed by atoms with van der Waals surface area (Å²) in [5.74, 6) is 1.89. The highest BCUT2D eigenvalue weighted by molar-refractivity contribution is 7.99. The smallest absolute Gasteiger partial charge is 0.237 e. The van der Waals surface area contributed by atoms with Gasteiger partial charge in [0, 0.05) is 23.5 Å². The number of anilines is 1.